The van der Waals surface area contributed by atoms with Crippen LogP contribution >= 0.6 is 0 Å². The molecule has 7 nitrogen and oxygen atoms in total. The third kappa shape index (κ3) is 4.60. The van der Waals surface area contributed by atoms with Crippen molar-refractivity contribution < 1.29 is 19.5 Å². The number of amides is 3. The number of carboxylic acids is 1. The molecule has 0 atom stereocenters. The number of hydrogen-bond donors (Lipinski definition) is 3. The predicted octanol–water partition coefficient (Wildman–Crippen LogP) is 0.985. The maximum Gasteiger partial charge on any atom is 0.337 e. The highest BCUT2D eigenvalue weighted by atomic mass is 16.4. The fraction of sp³-hybridized carbons (Fsp3) is 0.308. The molecule has 108 valence electrons. The number of carbonyl (C=O) groups is 3. The third-order valence-electron chi connectivity index (χ3n) is 2.53. The van der Waals surface area contributed by atoms with Crippen molar-refractivity contribution in [2.24, 2.45) is 0 Å². The number of aromatic carboxylic acids is 1. The Morgan fingerprint density at radius 1 is 1.20 bits per heavy atom. The SMILES string of the molecule is CN(C)C(=O)CCNC(=O)Nc1ccccc1C(=O)O. The molecule has 0 spiro atoms. The number of anilines is 1. The van der Waals surface area contributed by atoms with Gasteiger partial charge in [0.1, 0.15) is 0 Å². The van der Waals surface area contributed by atoms with Crippen LogP contribution in [0.3, 0.4) is 0 Å². The van der Waals surface area contributed by atoms with Crippen LogP contribution < -0.4 is 10.6 Å². The lowest BCUT2D eigenvalue weighted by atomic mass is 10.2. The summed E-state index contributed by atoms with van der Waals surface area (Å²) in [5.74, 6) is -1.22. The lowest BCUT2D eigenvalue weighted by molar-refractivity contribution is -0.128. The Morgan fingerprint density at radius 3 is 2.45 bits per heavy atom. The average Bonchev–Trinajstić information content (AvgIpc) is 2.38. The van der Waals surface area contributed by atoms with Gasteiger partial charge in [0, 0.05) is 27.1 Å². The second kappa shape index (κ2) is 7.13. The Morgan fingerprint density at radius 2 is 1.85 bits per heavy atom. The van der Waals surface area contributed by atoms with Gasteiger partial charge in [-0.1, -0.05) is 12.1 Å². The van der Waals surface area contributed by atoms with E-state index in [1.807, 2.05) is 0 Å². The van der Waals surface area contributed by atoms with Crippen LogP contribution in [0.25, 0.3) is 0 Å². The fourth-order valence-electron chi connectivity index (χ4n) is 1.45. The van der Waals surface area contributed by atoms with Crippen LogP contribution in [0.1, 0.15) is 16.8 Å². The lowest BCUT2D eigenvalue weighted by Gasteiger charge is -2.12. The zero-order chi connectivity index (χ0) is 15.1. The molecule has 1 rings (SSSR count). The van der Waals surface area contributed by atoms with Crippen molar-refractivity contribution in [2.45, 2.75) is 6.42 Å². The average molecular weight is 279 g/mol. The minimum Gasteiger partial charge on any atom is -0.478 e. The van der Waals surface area contributed by atoms with E-state index in [2.05, 4.69) is 10.6 Å². The molecule has 0 fully saturated rings. The number of carboxylic acid groups (broad SMARTS) is 1. The largest absolute Gasteiger partial charge is 0.478 e. The summed E-state index contributed by atoms with van der Waals surface area (Å²) in [7, 11) is 3.26. The van der Waals surface area contributed by atoms with Gasteiger partial charge in [0.15, 0.2) is 0 Å². The molecule has 1 aromatic carbocycles. The fourth-order valence-corrected chi connectivity index (χ4v) is 1.45. The molecule has 20 heavy (non-hydrogen) atoms. The van der Waals surface area contributed by atoms with E-state index >= 15 is 0 Å². The Kier molecular flexibility index (Phi) is 5.52. The van der Waals surface area contributed by atoms with Crippen LogP contribution in [0.4, 0.5) is 10.5 Å². The number of hydrogen-bond acceptors (Lipinski definition) is 3. The third-order valence-corrected chi connectivity index (χ3v) is 2.53. The Bertz CT molecular complexity index is 514. The van der Waals surface area contributed by atoms with E-state index in [-0.39, 0.29) is 30.1 Å². The van der Waals surface area contributed by atoms with Gasteiger partial charge in [-0.15, -0.1) is 0 Å². The number of nitrogens with zero attached hydrogens (tertiary/aromatic N) is 1. The van der Waals surface area contributed by atoms with E-state index in [0.29, 0.717) is 0 Å². The van der Waals surface area contributed by atoms with Crippen molar-refractivity contribution >= 4 is 23.6 Å². The van der Waals surface area contributed by atoms with E-state index in [0.717, 1.165) is 0 Å². The molecule has 0 saturated carbocycles. The van der Waals surface area contributed by atoms with E-state index < -0.39 is 12.0 Å². The number of benzene rings is 1. The highest BCUT2D eigenvalue weighted by Gasteiger charge is 2.11. The molecule has 3 N–H and O–H groups in total. The van der Waals surface area contributed by atoms with Gasteiger partial charge < -0.3 is 20.6 Å². The first-order valence-electron chi connectivity index (χ1n) is 5.99. The highest BCUT2D eigenvalue weighted by Crippen LogP contribution is 2.14. The summed E-state index contributed by atoms with van der Waals surface area (Å²) in [5.41, 5.74) is 0.212. The first-order chi connectivity index (χ1) is 9.41. The molecule has 0 radical (unpaired) electrons. The topological polar surface area (TPSA) is 98.7 Å². The molecule has 0 saturated heterocycles. The molecule has 0 aromatic heterocycles. The number of carbonyl (C=O) groups excluding carboxylic acids is 2. The Labute approximate surface area is 116 Å². The normalized spacial score (nSPS) is 9.70. The molecule has 7 heteroatoms. The summed E-state index contributed by atoms with van der Waals surface area (Å²) in [4.78, 5) is 35.3. The quantitative estimate of drug-likeness (QED) is 0.748. The van der Waals surface area contributed by atoms with Crippen LogP contribution in [0.2, 0.25) is 0 Å². The first kappa shape index (κ1) is 15.5. The van der Waals surface area contributed by atoms with Gasteiger partial charge in [-0.3, -0.25) is 4.79 Å². The lowest BCUT2D eigenvalue weighted by Crippen LogP contribution is -2.33. The summed E-state index contributed by atoms with van der Waals surface area (Å²) in [6, 6.07) is 5.53. The van der Waals surface area contributed by atoms with Gasteiger partial charge >= 0.3 is 12.0 Å². The van der Waals surface area contributed by atoms with Gasteiger partial charge in [-0.25, -0.2) is 9.59 Å². The van der Waals surface area contributed by atoms with Crippen molar-refractivity contribution in [3.8, 4) is 0 Å². The van der Waals surface area contributed by atoms with E-state index in [4.69, 9.17) is 5.11 Å². The number of para-hydroxylation sites is 1. The van der Waals surface area contributed by atoms with Gasteiger partial charge in [0.2, 0.25) is 5.91 Å². The molecule has 1 aromatic rings. The van der Waals surface area contributed by atoms with E-state index in [9.17, 15) is 14.4 Å². The van der Waals surface area contributed by atoms with Crippen molar-refractivity contribution in [1.82, 2.24) is 10.2 Å². The molecule has 3 amide bonds. The zero-order valence-electron chi connectivity index (χ0n) is 11.3. The van der Waals surface area contributed by atoms with Crippen LogP contribution in [-0.4, -0.2) is 48.6 Å². The monoisotopic (exact) mass is 279 g/mol. The molecule has 0 heterocycles. The number of rotatable bonds is 5. The Balaban J connectivity index is 2.51. The molecule has 0 bridgehead atoms. The maximum atomic E-state index is 11.6. The van der Waals surface area contributed by atoms with Crippen molar-refractivity contribution in [3.63, 3.8) is 0 Å². The van der Waals surface area contributed by atoms with Crippen LogP contribution in [0.5, 0.6) is 0 Å². The predicted molar refractivity (Wildman–Crippen MR) is 73.7 cm³/mol. The first-order valence-corrected chi connectivity index (χ1v) is 5.99. The summed E-state index contributed by atoms with van der Waals surface area (Å²) < 4.78 is 0. The summed E-state index contributed by atoms with van der Waals surface area (Å²) in [6.45, 7) is 0.179. The Hall–Kier alpha value is -2.57. The molecule has 0 aliphatic carbocycles. The molecule has 0 aliphatic rings. The van der Waals surface area contributed by atoms with Gasteiger partial charge in [-0.2, -0.15) is 0 Å². The maximum absolute atomic E-state index is 11.6. The summed E-state index contributed by atoms with van der Waals surface area (Å²) in [6.07, 6.45) is 0.182. The van der Waals surface area contributed by atoms with Crippen LogP contribution in [0.15, 0.2) is 24.3 Å². The second-order valence-corrected chi connectivity index (χ2v) is 4.27. The molecule has 0 aliphatic heterocycles. The number of nitrogens with one attached hydrogen (secondary N) is 2. The second-order valence-electron chi connectivity index (χ2n) is 4.27. The molecular weight excluding hydrogens is 262 g/mol. The van der Waals surface area contributed by atoms with E-state index in [1.165, 1.54) is 17.0 Å². The van der Waals surface area contributed by atoms with Crippen molar-refractivity contribution in [1.29, 1.82) is 0 Å². The van der Waals surface area contributed by atoms with Gasteiger partial charge in [-0.05, 0) is 12.1 Å². The van der Waals surface area contributed by atoms with Gasteiger partial charge in [0.05, 0.1) is 11.3 Å². The summed E-state index contributed by atoms with van der Waals surface area (Å²) >= 11 is 0. The molecular formula is C13H17N3O4. The van der Waals surface area contributed by atoms with Crippen molar-refractivity contribution in [3.05, 3.63) is 29.8 Å². The minimum absolute atomic E-state index is 0.00650. The van der Waals surface area contributed by atoms with Gasteiger partial charge in [0.25, 0.3) is 0 Å². The summed E-state index contributed by atoms with van der Waals surface area (Å²) in [5, 5.41) is 13.9. The number of urea groups is 1. The van der Waals surface area contributed by atoms with E-state index in [1.54, 1.807) is 26.2 Å². The minimum atomic E-state index is -1.12. The van der Waals surface area contributed by atoms with Crippen LogP contribution in [0, 0.1) is 0 Å². The zero-order valence-corrected chi connectivity index (χ0v) is 11.3. The highest BCUT2D eigenvalue weighted by molar-refractivity contribution is 6.00. The standard InChI is InChI=1S/C13H17N3O4/c1-16(2)11(17)7-8-14-13(20)15-10-6-4-3-5-9(10)12(18)19/h3-6H,7-8H2,1-2H3,(H,18,19)(H2,14,15,20). The molecule has 0 unspecified atom stereocenters. The smallest absolute Gasteiger partial charge is 0.337 e. The van der Waals surface area contributed by atoms with Crippen LogP contribution in [-0.2, 0) is 4.79 Å². The van der Waals surface area contributed by atoms with Crippen molar-refractivity contribution in [2.75, 3.05) is 26.0 Å².